The first kappa shape index (κ1) is 14.2. The summed E-state index contributed by atoms with van der Waals surface area (Å²) in [5.74, 6) is -0.136. The van der Waals surface area contributed by atoms with Crippen molar-refractivity contribution in [3.05, 3.63) is 17.8 Å². The maximum absolute atomic E-state index is 10.9. The van der Waals surface area contributed by atoms with Crippen LogP contribution in [0.3, 0.4) is 0 Å². The Hall–Kier alpha value is -2.18. The second-order valence-electron chi connectivity index (χ2n) is 5.00. The third-order valence-corrected chi connectivity index (χ3v) is 3.61. The smallest absolute Gasteiger partial charge is 0.303 e. The number of primary amides is 1. The summed E-state index contributed by atoms with van der Waals surface area (Å²) >= 11 is 0. The van der Waals surface area contributed by atoms with Crippen LogP contribution < -0.4 is 10.6 Å². The molecule has 20 heavy (non-hydrogen) atoms. The van der Waals surface area contributed by atoms with Crippen LogP contribution in [0.5, 0.6) is 0 Å². The highest BCUT2D eigenvalue weighted by atomic mass is 16.4. The molecule has 0 bridgehead atoms. The number of hydrogen-bond acceptors (Lipinski definition) is 5. The zero-order valence-electron chi connectivity index (χ0n) is 11.2. The summed E-state index contributed by atoms with van der Waals surface area (Å²) in [6.07, 6.45) is 2.87. The second kappa shape index (κ2) is 6.31. The lowest BCUT2D eigenvalue weighted by Crippen LogP contribution is -2.34. The van der Waals surface area contributed by atoms with Gasteiger partial charge in [0.15, 0.2) is 11.5 Å². The highest BCUT2D eigenvalue weighted by Crippen LogP contribution is 2.24. The van der Waals surface area contributed by atoms with Gasteiger partial charge in [0.1, 0.15) is 0 Å². The largest absolute Gasteiger partial charge is 0.481 e. The lowest BCUT2D eigenvalue weighted by molar-refractivity contribution is -0.137. The number of nitrogens with two attached hydrogens (primary N) is 1. The molecule has 1 fully saturated rings. The van der Waals surface area contributed by atoms with Crippen molar-refractivity contribution >= 4 is 17.7 Å². The Kier molecular flexibility index (Phi) is 4.49. The number of anilines is 1. The molecule has 0 radical (unpaired) electrons. The number of nitrogens with zero attached hydrogens (tertiary/aromatic N) is 3. The van der Waals surface area contributed by atoms with E-state index in [-0.39, 0.29) is 12.1 Å². The van der Waals surface area contributed by atoms with Crippen molar-refractivity contribution in [2.24, 2.45) is 11.7 Å². The van der Waals surface area contributed by atoms with Gasteiger partial charge in [0, 0.05) is 19.5 Å². The molecular weight excluding hydrogens is 260 g/mol. The molecule has 0 spiro atoms. The van der Waals surface area contributed by atoms with E-state index in [0.29, 0.717) is 5.92 Å². The number of piperidine rings is 1. The van der Waals surface area contributed by atoms with Crippen LogP contribution in [-0.2, 0) is 4.79 Å². The summed E-state index contributed by atoms with van der Waals surface area (Å²) in [5, 5.41) is 16.5. The Balaban J connectivity index is 1.87. The fraction of sp³-hybridized carbons (Fsp3) is 0.538. The molecule has 0 unspecified atom stereocenters. The van der Waals surface area contributed by atoms with Gasteiger partial charge in [-0.3, -0.25) is 9.59 Å². The monoisotopic (exact) mass is 278 g/mol. The Labute approximate surface area is 116 Å². The number of carboxylic acid groups (broad SMARTS) is 1. The van der Waals surface area contributed by atoms with E-state index in [9.17, 15) is 9.59 Å². The Morgan fingerprint density at radius 1 is 1.30 bits per heavy atom. The fourth-order valence-corrected chi connectivity index (χ4v) is 2.40. The van der Waals surface area contributed by atoms with E-state index in [1.165, 1.54) is 0 Å². The van der Waals surface area contributed by atoms with E-state index in [1.807, 2.05) is 0 Å². The van der Waals surface area contributed by atoms with E-state index in [1.54, 1.807) is 12.1 Å². The van der Waals surface area contributed by atoms with Crippen LogP contribution in [-0.4, -0.2) is 40.3 Å². The quantitative estimate of drug-likeness (QED) is 0.818. The van der Waals surface area contributed by atoms with Crippen molar-refractivity contribution in [2.75, 3.05) is 18.0 Å². The van der Waals surface area contributed by atoms with Gasteiger partial charge in [-0.25, -0.2) is 0 Å². The fourth-order valence-electron chi connectivity index (χ4n) is 2.40. The molecule has 2 rings (SSSR count). The van der Waals surface area contributed by atoms with Crippen LogP contribution in [0, 0.1) is 5.92 Å². The summed E-state index contributed by atoms with van der Waals surface area (Å²) in [6.45, 7) is 1.66. The molecule has 7 nitrogen and oxygen atoms in total. The van der Waals surface area contributed by atoms with Crippen LogP contribution in [0.25, 0.3) is 0 Å². The van der Waals surface area contributed by atoms with Gasteiger partial charge in [-0.15, -0.1) is 10.2 Å². The minimum absolute atomic E-state index is 0.157. The average molecular weight is 278 g/mol. The topological polar surface area (TPSA) is 109 Å². The second-order valence-corrected chi connectivity index (χ2v) is 5.00. The minimum atomic E-state index is -0.736. The van der Waals surface area contributed by atoms with Crippen LogP contribution in [0.4, 0.5) is 5.82 Å². The molecule has 0 saturated carbocycles. The first-order valence-corrected chi connectivity index (χ1v) is 6.66. The third-order valence-electron chi connectivity index (χ3n) is 3.61. The molecule has 2 heterocycles. The van der Waals surface area contributed by atoms with Crippen molar-refractivity contribution in [2.45, 2.75) is 25.7 Å². The van der Waals surface area contributed by atoms with Crippen molar-refractivity contribution in [3.63, 3.8) is 0 Å². The summed E-state index contributed by atoms with van der Waals surface area (Å²) in [7, 11) is 0. The van der Waals surface area contributed by atoms with Gasteiger partial charge in [-0.1, -0.05) is 0 Å². The maximum Gasteiger partial charge on any atom is 0.303 e. The molecule has 3 N–H and O–H groups in total. The summed E-state index contributed by atoms with van der Waals surface area (Å²) in [4.78, 5) is 23.6. The van der Waals surface area contributed by atoms with Crippen molar-refractivity contribution in [1.82, 2.24) is 10.2 Å². The number of aromatic nitrogens is 2. The first-order valence-electron chi connectivity index (χ1n) is 6.66. The number of hydrogen-bond donors (Lipinski definition) is 2. The highest BCUT2D eigenvalue weighted by molar-refractivity contribution is 5.90. The number of aliphatic carboxylic acids is 1. The Morgan fingerprint density at radius 2 is 2.00 bits per heavy atom. The van der Waals surface area contributed by atoms with Gasteiger partial charge in [0.05, 0.1) is 0 Å². The third kappa shape index (κ3) is 3.66. The normalized spacial score (nSPS) is 16.1. The van der Waals surface area contributed by atoms with Gasteiger partial charge in [-0.05, 0) is 37.3 Å². The van der Waals surface area contributed by atoms with E-state index in [0.717, 1.165) is 38.2 Å². The first-order chi connectivity index (χ1) is 9.56. The van der Waals surface area contributed by atoms with Gasteiger partial charge < -0.3 is 15.7 Å². The predicted molar refractivity (Wildman–Crippen MR) is 72.4 cm³/mol. The maximum atomic E-state index is 10.9. The van der Waals surface area contributed by atoms with E-state index >= 15 is 0 Å². The molecule has 1 amide bonds. The van der Waals surface area contributed by atoms with Crippen LogP contribution in [0.15, 0.2) is 12.1 Å². The highest BCUT2D eigenvalue weighted by Gasteiger charge is 2.21. The Bertz CT molecular complexity index is 481. The van der Waals surface area contributed by atoms with E-state index in [2.05, 4.69) is 15.1 Å². The van der Waals surface area contributed by atoms with E-state index < -0.39 is 11.9 Å². The number of carbonyl (C=O) groups excluding carboxylic acids is 1. The standard InChI is InChI=1S/C13H18N4O3/c14-13(20)10-2-3-11(16-15-10)17-7-5-9(6-8-17)1-4-12(18)19/h2-3,9H,1,4-8H2,(H2,14,20)(H,18,19). The van der Waals surface area contributed by atoms with Crippen molar-refractivity contribution in [1.29, 1.82) is 0 Å². The molecule has 108 valence electrons. The van der Waals surface area contributed by atoms with Gasteiger partial charge in [0.2, 0.25) is 0 Å². The van der Waals surface area contributed by atoms with Crippen molar-refractivity contribution in [3.8, 4) is 0 Å². The zero-order valence-corrected chi connectivity index (χ0v) is 11.2. The zero-order chi connectivity index (χ0) is 14.5. The van der Waals surface area contributed by atoms with Crippen LogP contribution in [0.1, 0.15) is 36.2 Å². The van der Waals surface area contributed by atoms with Crippen LogP contribution in [0.2, 0.25) is 0 Å². The molecular formula is C13H18N4O3. The minimum Gasteiger partial charge on any atom is -0.481 e. The predicted octanol–water partition coefficient (Wildman–Crippen LogP) is 0.657. The van der Waals surface area contributed by atoms with E-state index in [4.69, 9.17) is 10.8 Å². The molecule has 0 aliphatic carbocycles. The number of carbonyl (C=O) groups is 2. The number of carboxylic acids is 1. The number of amides is 1. The summed E-state index contributed by atoms with van der Waals surface area (Å²) in [6, 6.07) is 3.31. The van der Waals surface area contributed by atoms with Gasteiger partial charge in [-0.2, -0.15) is 0 Å². The molecule has 1 aliphatic heterocycles. The molecule has 1 saturated heterocycles. The molecule has 1 aliphatic rings. The summed E-state index contributed by atoms with van der Waals surface area (Å²) < 4.78 is 0. The van der Waals surface area contributed by atoms with Gasteiger partial charge in [0.25, 0.3) is 5.91 Å². The lowest BCUT2D eigenvalue weighted by atomic mass is 9.92. The molecule has 1 aromatic rings. The molecule has 7 heteroatoms. The summed E-state index contributed by atoms with van der Waals surface area (Å²) in [5.41, 5.74) is 5.27. The van der Waals surface area contributed by atoms with Crippen molar-refractivity contribution < 1.29 is 14.7 Å². The van der Waals surface area contributed by atoms with Gasteiger partial charge >= 0.3 is 5.97 Å². The molecule has 0 aromatic carbocycles. The lowest BCUT2D eigenvalue weighted by Gasteiger charge is -2.32. The van der Waals surface area contributed by atoms with Crippen LogP contribution >= 0.6 is 0 Å². The SMILES string of the molecule is NC(=O)c1ccc(N2CCC(CCC(=O)O)CC2)nn1. The average Bonchev–Trinajstić information content (AvgIpc) is 2.46. The molecule has 0 atom stereocenters. The number of rotatable bonds is 5. The Morgan fingerprint density at radius 3 is 2.50 bits per heavy atom. The molecule has 1 aromatic heterocycles.